The van der Waals surface area contributed by atoms with E-state index in [2.05, 4.69) is 34.4 Å². The Balaban J connectivity index is 0.00000288. The molecule has 24 heavy (non-hydrogen) atoms. The molecular formula is C17H26FIN4O. The molecule has 1 aromatic carbocycles. The Hall–Kier alpha value is -1.38. The lowest BCUT2D eigenvalue weighted by Crippen LogP contribution is -2.49. The zero-order chi connectivity index (χ0) is 16.8. The fourth-order valence-corrected chi connectivity index (χ4v) is 3.07. The van der Waals surface area contributed by atoms with Crippen molar-refractivity contribution in [1.82, 2.24) is 10.2 Å². The van der Waals surface area contributed by atoms with E-state index in [4.69, 9.17) is 0 Å². The highest BCUT2D eigenvalue weighted by Gasteiger charge is 2.24. The molecule has 0 bridgehead atoms. The number of aliphatic imine (C=N–C) groups is 1. The summed E-state index contributed by atoms with van der Waals surface area (Å²) in [6.45, 7) is 6.49. The van der Waals surface area contributed by atoms with Crippen molar-refractivity contribution in [2.24, 2.45) is 16.8 Å². The normalized spacial score (nSPS) is 21.0. The number of nitrogens with zero attached hydrogens (tertiary/aromatic N) is 2. The Morgan fingerprint density at radius 1 is 1.25 bits per heavy atom. The average molecular weight is 448 g/mol. The summed E-state index contributed by atoms with van der Waals surface area (Å²) in [7, 11) is 1.73. The van der Waals surface area contributed by atoms with Crippen molar-refractivity contribution in [3.63, 3.8) is 0 Å². The fourth-order valence-electron chi connectivity index (χ4n) is 3.07. The van der Waals surface area contributed by atoms with Gasteiger partial charge >= 0.3 is 0 Å². The Morgan fingerprint density at radius 2 is 1.83 bits per heavy atom. The molecule has 2 atom stereocenters. The van der Waals surface area contributed by atoms with E-state index in [9.17, 15) is 9.18 Å². The molecule has 1 amide bonds. The molecule has 0 radical (unpaired) electrons. The second kappa shape index (κ2) is 9.80. The van der Waals surface area contributed by atoms with Gasteiger partial charge in [-0.05, 0) is 42.5 Å². The quantitative estimate of drug-likeness (QED) is 0.425. The lowest BCUT2D eigenvalue weighted by atomic mass is 9.92. The zero-order valence-corrected chi connectivity index (χ0v) is 16.7. The van der Waals surface area contributed by atoms with Gasteiger partial charge in [-0.1, -0.05) is 13.8 Å². The molecule has 0 aromatic heterocycles. The van der Waals surface area contributed by atoms with Crippen molar-refractivity contribution < 1.29 is 9.18 Å². The van der Waals surface area contributed by atoms with Gasteiger partial charge in [-0.2, -0.15) is 0 Å². The first-order valence-electron chi connectivity index (χ1n) is 7.99. The number of halogens is 2. The second-order valence-corrected chi connectivity index (χ2v) is 6.31. The van der Waals surface area contributed by atoms with Crippen molar-refractivity contribution >= 4 is 41.5 Å². The van der Waals surface area contributed by atoms with Crippen molar-refractivity contribution in [2.45, 2.75) is 20.3 Å². The standard InChI is InChI=1S/C17H25FN4O.HI/c1-12-8-13(2)11-22(10-12)17(19-3)20-9-16(23)21-15-6-4-14(18)5-7-15;/h4-7,12-13H,8-11H2,1-3H3,(H,19,20)(H,21,23);1H. The molecule has 1 saturated heterocycles. The van der Waals surface area contributed by atoms with Crippen LogP contribution in [0.4, 0.5) is 10.1 Å². The monoisotopic (exact) mass is 448 g/mol. The minimum atomic E-state index is -0.324. The summed E-state index contributed by atoms with van der Waals surface area (Å²) < 4.78 is 12.8. The predicted molar refractivity (Wildman–Crippen MR) is 106 cm³/mol. The third-order valence-corrected chi connectivity index (χ3v) is 3.92. The van der Waals surface area contributed by atoms with Gasteiger partial charge in [0.25, 0.3) is 0 Å². The lowest BCUT2D eigenvalue weighted by molar-refractivity contribution is -0.115. The zero-order valence-electron chi connectivity index (χ0n) is 14.4. The van der Waals surface area contributed by atoms with E-state index in [1.54, 1.807) is 7.05 Å². The van der Waals surface area contributed by atoms with Crippen LogP contribution in [0.3, 0.4) is 0 Å². The van der Waals surface area contributed by atoms with Crippen LogP contribution in [0.15, 0.2) is 29.3 Å². The number of likely N-dealkylation sites (tertiary alicyclic amines) is 1. The Bertz CT molecular complexity index is 554. The number of rotatable bonds is 3. The van der Waals surface area contributed by atoms with E-state index in [0.717, 1.165) is 19.0 Å². The van der Waals surface area contributed by atoms with Crippen molar-refractivity contribution in [3.05, 3.63) is 30.1 Å². The summed E-state index contributed by atoms with van der Waals surface area (Å²) in [5.74, 6) is 1.47. The van der Waals surface area contributed by atoms with Crippen LogP contribution in [-0.2, 0) is 4.79 Å². The van der Waals surface area contributed by atoms with Crippen molar-refractivity contribution in [3.8, 4) is 0 Å². The summed E-state index contributed by atoms with van der Waals surface area (Å²) in [6, 6.07) is 5.71. The predicted octanol–water partition coefficient (Wildman–Crippen LogP) is 2.94. The molecule has 0 saturated carbocycles. The molecule has 2 rings (SSSR count). The molecule has 1 aliphatic heterocycles. The van der Waals surface area contributed by atoms with Crippen molar-refractivity contribution in [2.75, 3.05) is 32.0 Å². The van der Waals surface area contributed by atoms with Gasteiger partial charge in [0, 0.05) is 25.8 Å². The molecule has 1 aromatic rings. The van der Waals surface area contributed by atoms with Gasteiger partial charge in [-0.15, -0.1) is 24.0 Å². The molecular weight excluding hydrogens is 422 g/mol. The molecule has 1 heterocycles. The van der Waals surface area contributed by atoms with E-state index in [0.29, 0.717) is 17.5 Å². The van der Waals surface area contributed by atoms with E-state index in [-0.39, 0.29) is 42.2 Å². The number of guanidine groups is 1. The molecule has 1 aliphatic rings. The first-order chi connectivity index (χ1) is 11.0. The van der Waals surface area contributed by atoms with Crippen LogP contribution in [0.2, 0.25) is 0 Å². The van der Waals surface area contributed by atoms with Gasteiger partial charge in [0.1, 0.15) is 5.82 Å². The summed E-state index contributed by atoms with van der Waals surface area (Å²) in [5.41, 5.74) is 0.577. The SMILES string of the molecule is CN=C(NCC(=O)Nc1ccc(F)cc1)N1CC(C)CC(C)C1.I. The van der Waals surface area contributed by atoms with Crippen LogP contribution < -0.4 is 10.6 Å². The third kappa shape index (κ3) is 6.26. The number of hydrogen-bond acceptors (Lipinski definition) is 2. The molecule has 2 unspecified atom stereocenters. The minimum Gasteiger partial charge on any atom is -0.347 e. The molecule has 2 N–H and O–H groups in total. The van der Waals surface area contributed by atoms with Gasteiger partial charge in [0.15, 0.2) is 5.96 Å². The second-order valence-electron chi connectivity index (χ2n) is 6.31. The third-order valence-electron chi connectivity index (χ3n) is 3.92. The number of carbonyl (C=O) groups is 1. The maximum Gasteiger partial charge on any atom is 0.243 e. The molecule has 5 nitrogen and oxygen atoms in total. The highest BCUT2D eigenvalue weighted by molar-refractivity contribution is 14.0. The Kier molecular flexibility index (Phi) is 8.44. The minimum absolute atomic E-state index is 0. The Labute approximate surface area is 160 Å². The van der Waals surface area contributed by atoms with Crippen LogP contribution in [-0.4, -0.2) is 43.4 Å². The first kappa shape index (κ1) is 20.7. The molecule has 134 valence electrons. The molecule has 1 fully saturated rings. The van der Waals surface area contributed by atoms with E-state index in [1.165, 1.54) is 30.7 Å². The van der Waals surface area contributed by atoms with Crippen LogP contribution >= 0.6 is 24.0 Å². The first-order valence-corrected chi connectivity index (χ1v) is 7.99. The number of nitrogens with one attached hydrogen (secondary N) is 2. The summed E-state index contributed by atoms with van der Waals surface area (Å²) in [4.78, 5) is 18.5. The van der Waals surface area contributed by atoms with E-state index >= 15 is 0 Å². The van der Waals surface area contributed by atoms with Gasteiger partial charge < -0.3 is 15.5 Å². The van der Waals surface area contributed by atoms with Crippen LogP contribution in [0.1, 0.15) is 20.3 Å². The highest BCUT2D eigenvalue weighted by atomic mass is 127. The number of benzene rings is 1. The number of amides is 1. The number of anilines is 1. The van der Waals surface area contributed by atoms with E-state index in [1.807, 2.05) is 0 Å². The van der Waals surface area contributed by atoms with Crippen molar-refractivity contribution in [1.29, 1.82) is 0 Å². The number of hydrogen-bond donors (Lipinski definition) is 2. The van der Waals surface area contributed by atoms with Gasteiger partial charge in [-0.25, -0.2) is 4.39 Å². The number of piperidine rings is 1. The summed E-state index contributed by atoms with van der Waals surface area (Å²) in [6.07, 6.45) is 1.22. The van der Waals surface area contributed by atoms with Crippen LogP contribution in [0.25, 0.3) is 0 Å². The maximum absolute atomic E-state index is 12.8. The topological polar surface area (TPSA) is 56.7 Å². The molecule has 7 heteroatoms. The van der Waals surface area contributed by atoms with Crippen LogP contribution in [0.5, 0.6) is 0 Å². The average Bonchev–Trinajstić information content (AvgIpc) is 2.49. The smallest absolute Gasteiger partial charge is 0.243 e. The highest BCUT2D eigenvalue weighted by Crippen LogP contribution is 2.20. The van der Waals surface area contributed by atoms with Gasteiger partial charge in [0.05, 0.1) is 6.54 Å². The lowest BCUT2D eigenvalue weighted by Gasteiger charge is -2.37. The van der Waals surface area contributed by atoms with E-state index < -0.39 is 0 Å². The molecule has 0 aliphatic carbocycles. The van der Waals surface area contributed by atoms with Gasteiger partial charge in [0.2, 0.25) is 5.91 Å². The number of carbonyl (C=O) groups excluding carboxylic acids is 1. The summed E-state index contributed by atoms with van der Waals surface area (Å²) in [5, 5.41) is 5.83. The maximum atomic E-state index is 12.8. The van der Waals surface area contributed by atoms with Crippen LogP contribution in [0, 0.1) is 17.7 Å². The molecule has 0 spiro atoms. The Morgan fingerprint density at radius 3 is 2.38 bits per heavy atom. The largest absolute Gasteiger partial charge is 0.347 e. The fraction of sp³-hybridized carbons (Fsp3) is 0.529. The summed E-state index contributed by atoms with van der Waals surface area (Å²) >= 11 is 0. The van der Waals surface area contributed by atoms with Gasteiger partial charge in [-0.3, -0.25) is 9.79 Å².